The van der Waals surface area contributed by atoms with Crippen molar-refractivity contribution in [1.82, 2.24) is 0 Å². The minimum Gasteiger partial charge on any atom is -0.379 e. The van der Waals surface area contributed by atoms with E-state index in [4.69, 9.17) is 4.74 Å². The van der Waals surface area contributed by atoms with E-state index < -0.39 is 0 Å². The zero-order valence-electron chi connectivity index (χ0n) is 16.3. The van der Waals surface area contributed by atoms with Crippen molar-refractivity contribution in [2.24, 2.45) is 0 Å². The second-order valence-corrected chi connectivity index (χ2v) is 7.27. The summed E-state index contributed by atoms with van der Waals surface area (Å²) in [5.41, 5.74) is 0. The van der Waals surface area contributed by atoms with Crippen LogP contribution in [0.5, 0.6) is 0 Å². The van der Waals surface area contributed by atoms with E-state index in [0.29, 0.717) is 0 Å². The van der Waals surface area contributed by atoms with E-state index in [2.05, 4.69) is 14.0 Å². The molecule has 0 bridgehead atoms. The number of hydrogen-bond donors (Lipinski definition) is 0. The SMILES string of the molecule is [CH2]OCCCCCCCCCCCCCCCCCCCCC. The lowest BCUT2D eigenvalue weighted by atomic mass is 10.0. The minimum absolute atomic E-state index is 0.832. The van der Waals surface area contributed by atoms with E-state index in [1.807, 2.05) is 0 Å². The molecule has 0 aromatic rings. The van der Waals surface area contributed by atoms with Gasteiger partial charge in [0.15, 0.2) is 0 Å². The molecule has 1 heteroatoms. The average molecular weight is 326 g/mol. The van der Waals surface area contributed by atoms with Gasteiger partial charge in [0, 0.05) is 6.61 Å². The monoisotopic (exact) mass is 325 g/mol. The van der Waals surface area contributed by atoms with Gasteiger partial charge in [0.25, 0.3) is 0 Å². The summed E-state index contributed by atoms with van der Waals surface area (Å²) in [4.78, 5) is 0. The van der Waals surface area contributed by atoms with Crippen molar-refractivity contribution < 1.29 is 4.74 Å². The Morgan fingerprint density at radius 1 is 0.435 bits per heavy atom. The van der Waals surface area contributed by atoms with Crippen LogP contribution in [0.3, 0.4) is 0 Å². The van der Waals surface area contributed by atoms with Gasteiger partial charge in [-0.15, -0.1) is 0 Å². The average Bonchev–Trinajstić information content (AvgIpc) is 2.57. The van der Waals surface area contributed by atoms with Crippen LogP contribution in [-0.4, -0.2) is 6.61 Å². The second kappa shape index (κ2) is 22.0. The van der Waals surface area contributed by atoms with Crippen LogP contribution < -0.4 is 0 Å². The first kappa shape index (κ1) is 23.0. The number of rotatable bonds is 20. The summed E-state index contributed by atoms with van der Waals surface area (Å²) in [5, 5.41) is 0. The topological polar surface area (TPSA) is 9.23 Å². The first-order valence-corrected chi connectivity index (χ1v) is 10.8. The van der Waals surface area contributed by atoms with Crippen molar-refractivity contribution >= 4 is 0 Å². The van der Waals surface area contributed by atoms with Gasteiger partial charge in [-0.05, 0) is 6.42 Å². The largest absolute Gasteiger partial charge is 0.379 e. The Kier molecular flexibility index (Phi) is 21.9. The summed E-state index contributed by atoms with van der Waals surface area (Å²) >= 11 is 0. The molecule has 139 valence electrons. The summed E-state index contributed by atoms with van der Waals surface area (Å²) in [7, 11) is 3.40. The highest BCUT2D eigenvalue weighted by molar-refractivity contribution is 4.50. The third-order valence-electron chi connectivity index (χ3n) is 4.89. The van der Waals surface area contributed by atoms with Gasteiger partial charge in [-0.3, -0.25) is 0 Å². The standard InChI is InChI=1S/C22H45O/c1-3-4-5-6-7-8-9-10-11-12-13-14-15-16-17-18-19-20-21-22-23-2/h2-22H2,1H3. The van der Waals surface area contributed by atoms with Crippen LogP contribution in [0.25, 0.3) is 0 Å². The molecular formula is C22H45O. The summed E-state index contributed by atoms with van der Waals surface area (Å²) in [6.45, 7) is 3.13. The highest BCUT2D eigenvalue weighted by atomic mass is 16.5. The van der Waals surface area contributed by atoms with Crippen LogP contribution in [-0.2, 0) is 4.74 Å². The van der Waals surface area contributed by atoms with E-state index in [-0.39, 0.29) is 0 Å². The molecule has 0 spiro atoms. The molecule has 0 aliphatic rings. The van der Waals surface area contributed by atoms with Crippen LogP contribution in [0, 0.1) is 7.11 Å². The van der Waals surface area contributed by atoms with Crippen molar-refractivity contribution in [3.63, 3.8) is 0 Å². The molecule has 0 aromatic heterocycles. The first-order valence-electron chi connectivity index (χ1n) is 10.8. The van der Waals surface area contributed by atoms with E-state index in [1.54, 1.807) is 0 Å². The van der Waals surface area contributed by atoms with Gasteiger partial charge in [0.05, 0.1) is 7.11 Å². The molecule has 0 aliphatic carbocycles. The lowest BCUT2D eigenvalue weighted by Crippen LogP contribution is -1.87. The lowest BCUT2D eigenvalue weighted by Gasteiger charge is -2.04. The first-order chi connectivity index (χ1) is 11.4. The molecule has 0 N–H and O–H groups in total. The molecule has 0 saturated heterocycles. The van der Waals surface area contributed by atoms with Crippen LogP contribution >= 0.6 is 0 Å². The molecule has 0 rings (SSSR count). The molecule has 0 heterocycles. The molecule has 0 saturated carbocycles. The number of unbranched alkanes of at least 4 members (excludes halogenated alkanes) is 18. The smallest absolute Gasteiger partial charge is 0.0700 e. The zero-order chi connectivity index (χ0) is 16.8. The maximum absolute atomic E-state index is 4.82. The van der Waals surface area contributed by atoms with Crippen molar-refractivity contribution in [3.8, 4) is 0 Å². The van der Waals surface area contributed by atoms with Crippen LogP contribution in [0.1, 0.15) is 129 Å². The Balaban J connectivity index is 2.92. The van der Waals surface area contributed by atoms with E-state index in [9.17, 15) is 0 Å². The Morgan fingerprint density at radius 3 is 0.957 bits per heavy atom. The Labute approximate surface area is 148 Å². The molecule has 0 unspecified atom stereocenters. The van der Waals surface area contributed by atoms with Crippen molar-refractivity contribution in [2.45, 2.75) is 129 Å². The maximum Gasteiger partial charge on any atom is 0.0700 e. The van der Waals surface area contributed by atoms with E-state index >= 15 is 0 Å². The summed E-state index contributed by atoms with van der Waals surface area (Å²) < 4.78 is 4.82. The normalized spacial score (nSPS) is 11.2. The fourth-order valence-corrected chi connectivity index (χ4v) is 3.28. The minimum atomic E-state index is 0.832. The fourth-order valence-electron chi connectivity index (χ4n) is 3.28. The van der Waals surface area contributed by atoms with Crippen LogP contribution in [0.2, 0.25) is 0 Å². The second-order valence-electron chi connectivity index (χ2n) is 7.27. The van der Waals surface area contributed by atoms with Gasteiger partial charge in [0.1, 0.15) is 0 Å². The van der Waals surface area contributed by atoms with Gasteiger partial charge >= 0.3 is 0 Å². The van der Waals surface area contributed by atoms with Crippen molar-refractivity contribution in [2.75, 3.05) is 6.61 Å². The number of ether oxygens (including phenoxy) is 1. The molecule has 0 atom stereocenters. The molecule has 0 aromatic carbocycles. The lowest BCUT2D eigenvalue weighted by molar-refractivity contribution is 0.233. The quantitative estimate of drug-likeness (QED) is 0.205. The van der Waals surface area contributed by atoms with Gasteiger partial charge in [-0.2, -0.15) is 0 Å². The summed E-state index contributed by atoms with van der Waals surface area (Å²) in [5.74, 6) is 0. The Bertz CT molecular complexity index is 170. The maximum atomic E-state index is 4.82. The molecular weight excluding hydrogens is 280 g/mol. The highest BCUT2D eigenvalue weighted by Crippen LogP contribution is 2.14. The molecule has 1 radical (unpaired) electrons. The van der Waals surface area contributed by atoms with Gasteiger partial charge in [-0.25, -0.2) is 0 Å². The summed E-state index contributed by atoms with van der Waals surface area (Å²) in [6.07, 6.45) is 27.1. The predicted octanol–water partition coefficient (Wildman–Crippen LogP) is 8.23. The van der Waals surface area contributed by atoms with Crippen LogP contribution in [0.15, 0.2) is 0 Å². The number of hydrogen-bond acceptors (Lipinski definition) is 1. The van der Waals surface area contributed by atoms with Crippen LogP contribution in [0.4, 0.5) is 0 Å². The van der Waals surface area contributed by atoms with Gasteiger partial charge in [-0.1, -0.05) is 122 Å². The Morgan fingerprint density at radius 2 is 0.696 bits per heavy atom. The highest BCUT2D eigenvalue weighted by Gasteiger charge is 1.95. The molecule has 23 heavy (non-hydrogen) atoms. The summed E-state index contributed by atoms with van der Waals surface area (Å²) in [6, 6.07) is 0. The van der Waals surface area contributed by atoms with Crippen molar-refractivity contribution in [3.05, 3.63) is 7.11 Å². The molecule has 0 amide bonds. The molecule has 0 fully saturated rings. The third-order valence-corrected chi connectivity index (χ3v) is 4.89. The van der Waals surface area contributed by atoms with Gasteiger partial charge < -0.3 is 4.74 Å². The van der Waals surface area contributed by atoms with E-state index in [1.165, 1.54) is 122 Å². The third kappa shape index (κ3) is 22.0. The fraction of sp³-hybridized carbons (Fsp3) is 0.955. The molecule has 0 aliphatic heterocycles. The van der Waals surface area contributed by atoms with Crippen molar-refractivity contribution in [1.29, 1.82) is 0 Å². The zero-order valence-corrected chi connectivity index (χ0v) is 16.3. The van der Waals surface area contributed by atoms with E-state index in [0.717, 1.165) is 6.61 Å². The van der Waals surface area contributed by atoms with Gasteiger partial charge in [0.2, 0.25) is 0 Å². The Hall–Kier alpha value is -0.0400. The molecule has 1 nitrogen and oxygen atoms in total. The predicted molar refractivity (Wildman–Crippen MR) is 105 cm³/mol.